The molecule has 0 saturated heterocycles. The van der Waals surface area contributed by atoms with Gasteiger partial charge in [-0.15, -0.1) is 0 Å². The van der Waals surface area contributed by atoms with E-state index in [1.165, 1.54) is 6.42 Å². The first-order valence-corrected chi connectivity index (χ1v) is 5.49. The number of ether oxygens (including phenoxy) is 1. The van der Waals surface area contributed by atoms with Crippen LogP contribution in [0.15, 0.2) is 0 Å². The van der Waals surface area contributed by atoms with Gasteiger partial charge in [0.2, 0.25) is 0 Å². The molecule has 0 heterocycles. The van der Waals surface area contributed by atoms with Crippen LogP contribution >= 0.6 is 0 Å². The molecule has 0 aromatic heterocycles. The van der Waals surface area contributed by atoms with Gasteiger partial charge in [0, 0.05) is 12.0 Å². The fourth-order valence-corrected chi connectivity index (χ4v) is 2.21. The summed E-state index contributed by atoms with van der Waals surface area (Å²) in [5, 5.41) is 9.35. The molecule has 0 radical (unpaired) electrons. The van der Waals surface area contributed by atoms with E-state index in [0.29, 0.717) is 13.0 Å². The molecule has 0 aromatic rings. The smallest absolute Gasteiger partial charge is 0.306 e. The van der Waals surface area contributed by atoms with Crippen molar-refractivity contribution in [2.24, 2.45) is 5.41 Å². The summed E-state index contributed by atoms with van der Waals surface area (Å²) >= 11 is 0. The Hall–Kier alpha value is -0.570. The summed E-state index contributed by atoms with van der Waals surface area (Å²) < 4.78 is 4.92. The van der Waals surface area contributed by atoms with Crippen LogP contribution in [0.25, 0.3) is 0 Å². The summed E-state index contributed by atoms with van der Waals surface area (Å²) in [5.74, 6) is -0.163. The van der Waals surface area contributed by atoms with E-state index in [2.05, 4.69) is 0 Å². The van der Waals surface area contributed by atoms with E-state index in [9.17, 15) is 9.90 Å². The molecule has 1 aliphatic carbocycles. The highest BCUT2D eigenvalue weighted by atomic mass is 16.5. The van der Waals surface area contributed by atoms with E-state index in [1.54, 1.807) is 0 Å². The van der Waals surface area contributed by atoms with Crippen molar-refractivity contribution in [3.63, 3.8) is 0 Å². The number of aliphatic hydroxyl groups is 1. The zero-order chi connectivity index (χ0) is 10.4. The lowest BCUT2D eigenvalue weighted by Crippen LogP contribution is -2.31. The molecule has 1 aliphatic rings. The molecule has 0 aromatic carbocycles. The Morgan fingerprint density at radius 2 is 2.00 bits per heavy atom. The van der Waals surface area contributed by atoms with Gasteiger partial charge >= 0.3 is 5.97 Å². The first-order valence-electron chi connectivity index (χ1n) is 5.49. The highest BCUT2D eigenvalue weighted by molar-refractivity contribution is 5.70. The van der Waals surface area contributed by atoms with Gasteiger partial charge in [0.1, 0.15) is 0 Å². The second kappa shape index (κ2) is 5.35. The summed E-state index contributed by atoms with van der Waals surface area (Å²) in [6.07, 6.45) is 5.78. The van der Waals surface area contributed by atoms with Crippen molar-refractivity contribution in [3.8, 4) is 0 Å². The molecule has 0 spiro atoms. The van der Waals surface area contributed by atoms with Crippen molar-refractivity contribution in [2.45, 2.75) is 45.4 Å². The van der Waals surface area contributed by atoms with Crippen molar-refractivity contribution in [1.82, 2.24) is 0 Å². The van der Waals surface area contributed by atoms with Gasteiger partial charge in [-0.25, -0.2) is 0 Å². The van der Waals surface area contributed by atoms with Gasteiger partial charge in [-0.1, -0.05) is 19.3 Å². The number of aliphatic hydroxyl groups excluding tert-OH is 1. The number of esters is 1. The molecule has 0 unspecified atom stereocenters. The molecule has 1 fully saturated rings. The fourth-order valence-electron chi connectivity index (χ4n) is 2.21. The highest BCUT2D eigenvalue weighted by Gasteiger charge is 2.34. The zero-order valence-electron chi connectivity index (χ0n) is 8.92. The predicted molar refractivity (Wildman–Crippen MR) is 53.9 cm³/mol. The maximum absolute atomic E-state index is 11.3. The monoisotopic (exact) mass is 200 g/mol. The molecule has 0 amide bonds. The van der Waals surface area contributed by atoms with Crippen LogP contribution in [-0.2, 0) is 9.53 Å². The number of rotatable bonds is 4. The molecule has 1 saturated carbocycles. The van der Waals surface area contributed by atoms with E-state index in [0.717, 1.165) is 25.7 Å². The molecule has 82 valence electrons. The Labute approximate surface area is 85.5 Å². The van der Waals surface area contributed by atoms with Gasteiger partial charge in [0.25, 0.3) is 0 Å². The summed E-state index contributed by atoms with van der Waals surface area (Å²) in [6.45, 7) is 2.36. The SMILES string of the molecule is CCOC(=O)CC1(CO)CCCCC1. The van der Waals surface area contributed by atoms with Gasteiger partial charge in [-0.2, -0.15) is 0 Å². The molecule has 1 rings (SSSR count). The maximum Gasteiger partial charge on any atom is 0.306 e. The van der Waals surface area contributed by atoms with Gasteiger partial charge in [-0.05, 0) is 19.8 Å². The van der Waals surface area contributed by atoms with Gasteiger partial charge < -0.3 is 9.84 Å². The quantitative estimate of drug-likeness (QED) is 0.705. The third-order valence-electron chi connectivity index (χ3n) is 3.07. The van der Waals surface area contributed by atoms with Crippen LogP contribution in [0.1, 0.15) is 45.4 Å². The molecule has 0 atom stereocenters. The molecule has 14 heavy (non-hydrogen) atoms. The Bertz CT molecular complexity index is 183. The second-order valence-electron chi connectivity index (χ2n) is 4.20. The number of hydrogen-bond donors (Lipinski definition) is 1. The van der Waals surface area contributed by atoms with Crippen LogP contribution in [0, 0.1) is 5.41 Å². The van der Waals surface area contributed by atoms with E-state index in [4.69, 9.17) is 4.74 Å². The number of hydrogen-bond acceptors (Lipinski definition) is 3. The minimum Gasteiger partial charge on any atom is -0.466 e. The van der Waals surface area contributed by atoms with Crippen LogP contribution in [0.5, 0.6) is 0 Å². The third kappa shape index (κ3) is 2.98. The van der Waals surface area contributed by atoms with E-state index in [1.807, 2.05) is 6.92 Å². The van der Waals surface area contributed by atoms with E-state index < -0.39 is 0 Å². The maximum atomic E-state index is 11.3. The van der Waals surface area contributed by atoms with E-state index >= 15 is 0 Å². The van der Waals surface area contributed by atoms with Gasteiger partial charge in [-0.3, -0.25) is 4.79 Å². The molecular weight excluding hydrogens is 180 g/mol. The number of carbonyl (C=O) groups is 1. The predicted octanol–water partition coefficient (Wildman–Crippen LogP) is 1.88. The topological polar surface area (TPSA) is 46.5 Å². The van der Waals surface area contributed by atoms with Crippen molar-refractivity contribution in [1.29, 1.82) is 0 Å². The van der Waals surface area contributed by atoms with Crippen LogP contribution in [0.2, 0.25) is 0 Å². The van der Waals surface area contributed by atoms with Crippen molar-refractivity contribution in [3.05, 3.63) is 0 Å². The van der Waals surface area contributed by atoms with Gasteiger partial charge in [0.15, 0.2) is 0 Å². The zero-order valence-corrected chi connectivity index (χ0v) is 8.92. The first-order chi connectivity index (χ1) is 6.72. The van der Waals surface area contributed by atoms with E-state index in [-0.39, 0.29) is 18.0 Å². The Kier molecular flexibility index (Phi) is 4.39. The van der Waals surface area contributed by atoms with Crippen LogP contribution < -0.4 is 0 Å². The van der Waals surface area contributed by atoms with Crippen LogP contribution in [0.3, 0.4) is 0 Å². The second-order valence-corrected chi connectivity index (χ2v) is 4.20. The standard InChI is InChI=1S/C11H20O3/c1-2-14-10(13)8-11(9-12)6-4-3-5-7-11/h12H,2-9H2,1H3. The number of carbonyl (C=O) groups excluding carboxylic acids is 1. The van der Waals surface area contributed by atoms with Crippen molar-refractivity contribution >= 4 is 5.97 Å². The van der Waals surface area contributed by atoms with Crippen LogP contribution in [0.4, 0.5) is 0 Å². The normalized spacial score (nSPS) is 20.4. The summed E-state index contributed by atoms with van der Waals surface area (Å²) in [7, 11) is 0. The average Bonchev–Trinajstić information content (AvgIpc) is 2.19. The van der Waals surface area contributed by atoms with Gasteiger partial charge in [0.05, 0.1) is 13.0 Å². The molecule has 0 aliphatic heterocycles. The lowest BCUT2D eigenvalue weighted by atomic mass is 9.72. The minimum absolute atomic E-state index is 0.117. The third-order valence-corrected chi connectivity index (χ3v) is 3.07. The average molecular weight is 200 g/mol. The highest BCUT2D eigenvalue weighted by Crippen LogP contribution is 2.38. The van der Waals surface area contributed by atoms with Crippen LogP contribution in [-0.4, -0.2) is 24.3 Å². The molecular formula is C11H20O3. The molecule has 1 N–H and O–H groups in total. The lowest BCUT2D eigenvalue weighted by molar-refractivity contribution is -0.147. The minimum atomic E-state index is -0.176. The summed E-state index contributed by atoms with van der Waals surface area (Å²) in [4.78, 5) is 11.3. The Morgan fingerprint density at radius 1 is 1.36 bits per heavy atom. The summed E-state index contributed by atoms with van der Waals surface area (Å²) in [5.41, 5.74) is -0.176. The molecule has 3 heteroatoms. The Balaban J connectivity index is 2.47. The fraction of sp³-hybridized carbons (Fsp3) is 0.909. The molecule has 3 nitrogen and oxygen atoms in total. The Morgan fingerprint density at radius 3 is 2.50 bits per heavy atom. The largest absolute Gasteiger partial charge is 0.466 e. The first kappa shape index (κ1) is 11.5. The summed E-state index contributed by atoms with van der Waals surface area (Å²) in [6, 6.07) is 0. The lowest BCUT2D eigenvalue weighted by Gasteiger charge is -2.34. The van der Waals surface area contributed by atoms with Crippen molar-refractivity contribution in [2.75, 3.05) is 13.2 Å². The van der Waals surface area contributed by atoms with Crippen molar-refractivity contribution < 1.29 is 14.6 Å². The molecule has 0 bridgehead atoms.